The van der Waals surface area contributed by atoms with Gasteiger partial charge >= 0.3 is 6.36 Å². The van der Waals surface area contributed by atoms with E-state index in [1.54, 1.807) is 6.07 Å². The Labute approximate surface area is 157 Å². The Morgan fingerprint density at radius 3 is 2.69 bits per heavy atom. The second-order valence-corrected chi connectivity index (χ2v) is 6.60. The summed E-state index contributed by atoms with van der Waals surface area (Å²) in [7, 11) is 0. The normalized spacial score (nSPS) is 18.5. The number of fused-ring (bicyclic) bond motifs is 1. The lowest BCUT2D eigenvalue weighted by Crippen LogP contribution is -2.26. The molecular formula is C17H13Cl2F3N2O2. The molecule has 0 bridgehead atoms. The molecule has 2 unspecified atom stereocenters. The minimum Gasteiger partial charge on any atom is -0.404 e. The van der Waals surface area contributed by atoms with Gasteiger partial charge in [0.05, 0.1) is 11.1 Å². The Hall–Kier alpha value is -1.83. The van der Waals surface area contributed by atoms with Gasteiger partial charge in [-0.25, -0.2) is 4.98 Å². The third kappa shape index (κ3) is 3.65. The zero-order valence-electron chi connectivity index (χ0n) is 13.4. The Kier molecular flexibility index (Phi) is 5.14. The summed E-state index contributed by atoms with van der Waals surface area (Å²) in [5.41, 5.74) is 2.18. The van der Waals surface area contributed by atoms with Crippen molar-refractivity contribution in [2.75, 3.05) is 0 Å². The SMILES string of the molecule is CC(c1ccc(OC(F)(F)F)c(Cl)c1)N1Cc2c(ccnc2Cl)C1C=O. The number of pyridine rings is 1. The maximum atomic E-state index is 12.4. The van der Waals surface area contributed by atoms with Gasteiger partial charge in [0.1, 0.15) is 17.2 Å². The molecule has 2 heterocycles. The van der Waals surface area contributed by atoms with E-state index in [0.29, 0.717) is 17.3 Å². The topological polar surface area (TPSA) is 42.4 Å². The molecule has 0 aliphatic carbocycles. The van der Waals surface area contributed by atoms with Gasteiger partial charge in [-0.05, 0) is 36.2 Å². The van der Waals surface area contributed by atoms with Crippen molar-refractivity contribution in [3.63, 3.8) is 0 Å². The number of hydrogen-bond donors (Lipinski definition) is 0. The number of halogens is 5. The van der Waals surface area contributed by atoms with Crippen molar-refractivity contribution >= 4 is 29.5 Å². The summed E-state index contributed by atoms with van der Waals surface area (Å²) in [6, 6.07) is 4.96. The van der Waals surface area contributed by atoms with Crippen LogP contribution in [0.1, 0.15) is 35.7 Å². The molecule has 0 radical (unpaired) electrons. The first-order valence-corrected chi connectivity index (χ1v) is 8.36. The largest absolute Gasteiger partial charge is 0.573 e. The van der Waals surface area contributed by atoms with E-state index in [1.165, 1.54) is 18.3 Å². The van der Waals surface area contributed by atoms with Crippen LogP contribution in [0.4, 0.5) is 13.2 Å². The molecule has 138 valence electrons. The predicted octanol–water partition coefficient (Wildman–Crippen LogP) is 5.10. The third-order valence-corrected chi connectivity index (χ3v) is 4.97. The molecule has 1 aliphatic rings. The summed E-state index contributed by atoms with van der Waals surface area (Å²) in [6.07, 6.45) is -2.48. The molecule has 3 rings (SSSR count). The number of aldehydes is 1. The predicted molar refractivity (Wildman–Crippen MR) is 90.1 cm³/mol. The molecule has 0 N–H and O–H groups in total. The van der Waals surface area contributed by atoms with Gasteiger partial charge in [-0.1, -0.05) is 29.3 Å². The van der Waals surface area contributed by atoms with Gasteiger partial charge in [-0.3, -0.25) is 4.90 Å². The fourth-order valence-corrected chi connectivity index (χ4v) is 3.53. The van der Waals surface area contributed by atoms with Gasteiger partial charge in [0.25, 0.3) is 0 Å². The van der Waals surface area contributed by atoms with Crippen LogP contribution in [-0.2, 0) is 11.3 Å². The van der Waals surface area contributed by atoms with Crippen LogP contribution in [0.25, 0.3) is 0 Å². The van der Waals surface area contributed by atoms with Crippen molar-refractivity contribution in [1.29, 1.82) is 0 Å². The summed E-state index contributed by atoms with van der Waals surface area (Å²) in [5, 5.41) is 0.168. The van der Waals surface area contributed by atoms with Crippen molar-refractivity contribution in [3.05, 3.63) is 57.3 Å². The highest BCUT2D eigenvalue weighted by Crippen LogP contribution is 2.42. The van der Waals surface area contributed by atoms with E-state index in [4.69, 9.17) is 23.2 Å². The van der Waals surface area contributed by atoms with Gasteiger partial charge in [-0.2, -0.15) is 0 Å². The number of ether oxygens (including phenoxy) is 1. The molecular weight excluding hydrogens is 392 g/mol. The quantitative estimate of drug-likeness (QED) is 0.524. The Morgan fingerprint density at radius 1 is 1.35 bits per heavy atom. The van der Waals surface area contributed by atoms with Crippen LogP contribution < -0.4 is 4.74 Å². The van der Waals surface area contributed by atoms with Crippen molar-refractivity contribution in [2.24, 2.45) is 0 Å². The zero-order valence-corrected chi connectivity index (χ0v) is 14.9. The summed E-state index contributed by atoms with van der Waals surface area (Å²) < 4.78 is 41.0. The molecule has 1 aromatic carbocycles. The van der Waals surface area contributed by atoms with Crippen LogP contribution in [0, 0.1) is 0 Å². The molecule has 2 atom stereocenters. The maximum Gasteiger partial charge on any atom is 0.573 e. The van der Waals surface area contributed by atoms with Gasteiger partial charge in [0, 0.05) is 24.3 Å². The molecule has 26 heavy (non-hydrogen) atoms. The van der Waals surface area contributed by atoms with E-state index in [1.807, 2.05) is 11.8 Å². The number of rotatable bonds is 4. The summed E-state index contributed by atoms with van der Waals surface area (Å²) in [6.45, 7) is 2.23. The lowest BCUT2D eigenvalue weighted by molar-refractivity contribution is -0.274. The highest BCUT2D eigenvalue weighted by Gasteiger charge is 2.36. The summed E-state index contributed by atoms with van der Waals surface area (Å²) >= 11 is 12.0. The summed E-state index contributed by atoms with van der Waals surface area (Å²) in [5.74, 6) is -0.473. The number of alkyl halides is 3. The average molecular weight is 405 g/mol. The number of nitrogens with zero attached hydrogens (tertiary/aromatic N) is 2. The fourth-order valence-electron chi connectivity index (χ4n) is 3.08. The Balaban J connectivity index is 1.88. The second kappa shape index (κ2) is 7.06. The fraction of sp³-hybridized carbons (Fsp3) is 0.294. The van der Waals surface area contributed by atoms with Crippen molar-refractivity contribution in [3.8, 4) is 5.75 Å². The van der Waals surface area contributed by atoms with E-state index < -0.39 is 18.2 Å². The Bertz CT molecular complexity index is 845. The lowest BCUT2D eigenvalue weighted by atomic mass is 10.0. The van der Waals surface area contributed by atoms with Crippen LogP contribution in [-0.4, -0.2) is 22.5 Å². The maximum absolute atomic E-state index is 12.4. The van der Waals surface area contributed by atoms with Gasteiger partial charge in [-0.15, -0.1) is 13.2 Å². The minimum atomic E-state index is -4.82. The first-order chi connectivity index (χ1) is 12.2. The van der Waals surface area contributed by atoms with Gasteiger partial charge in [0.2, 0.25) is 0 Å². The van der Waals surface area contributed by atoms with E-state index in [0.717, 1.165) is 23.5 Å². The number of hydrogen-bond acceptors (Lipinski definition) is 4. The molecule has 0 saturated carbocycles. The smallest absolute Gasteiger partial charge is 0.404 e. The van der Waals surface area contributed by atoms with Crippen LogP contribution in [0.3, 0.4) is 0 Å². The van der Waals surface area contributed by atoms with E-state index in [-0.39, 0.29) is 11.1 Å². The number of aromatic nitrogens is 1. The van der Waals surface area contributed by atoms with E-state index >= 15 is 0 Å². The van der Waals surface area contributed by atoms with Gasteiger partial charge in [0.15, 0.2) is 0 Å². The van der Waals surface area contributed by atoms with Crippen LogP contribution >= 0.6 is 23.2 Å². The summed E-state index contributed by atoms with van der Waals surface area (Å²) in [4.78, 5) is 17.5. The highest BCUT2D eigenvalue weighted by atomic mass is 35.5. The highest BCUT2D eigenvalue weighted by molar-refractivity contribution is 6.32. The van der Waals surface area contributed by atoms with E-state index in [2.05, 4.69) is 9.72 Å². The van der Waals surface area contributed by atoms with Crippen molar-refractivity contribution in [1.82, 2.24) is 9.88 Å². The number of carbonyl (C=O) groups excluding carboxylic acids is 1. The van der Waals surface area contributed by atoms with Crippen LogP contribution in [0.2, 0.25) is 10.2 Å². The third-order valence-electron chi connectivity index (χ3n) is 4.35. The molecule has 1 aliphatic heterocycles. The van der Waals surface area contributed by atoms with Gasteiger partial charge < -0.3 is 9.53 Å². The lowest BCUT2D eigenvalue weighted by Gasteiger charge is -2.28. The first kappa shape index (κ1) is 18.9. The standard InChI is InChI=1S/C17H13Cl2F3N2O2/c1-9(10-2-3-15(13(18)6-10)26-17(20,21)22)24-7-12-11(14(24)8-25)4-5-23-16(12)19/h2-6,8-9,14H,7H2,1H3. The molecule has 0 amide bonds. The minimum absolute atomic E-state index is 0.161. The van der Waals surface area contributed by atoms with Crippen LogP contribution in [0.5, 0.6) is 5.75 Å². The molecule has 0 saturated heterocycles. The molecule has 0 fully saturated rings. The molecule has 1 aromatic heterocycles. The second-order valence-electron chi connectivity index (χ2n) is 5.84. The molecule has 9 heteroatoms. The van der Waals surface area contributed by atoms with Crippen molar-refractivity contribution in [2.45, 2.75) is 31.9 Å². The molecule has 4 nitrogen and oxygen atoms in total. The van der Waals surface area contributed by atoms with E-state index in [9.17, 15) is 18.0 Å². The van der Waals surface area contributed by atoms with Crippen LogP contribution in [0.15, 0.2) is 30.5 Å². The average Bonchev–Trinajstić information content (AvgIpc) is 2.95. The Morgan fingerprint density at radius 2 is 2.08 bits per heavy atom. The molecule has 2 aromatic rings. The zero-order chi connectivity index (χ0) is 19.1. The molecule has 0 spiro atoms. The first-order valence-electron chi connectivity index (χ1n) is 7.60. The monoisotopic (exact) mass is 404 g/mol. The van der Waals surface area contributed by atoms with Crippen molar-refractivity contribution < 1.29 is 22.7 Å². The number of carbonyl (C=O) groups is 1. The number of benzene rings is 1.